The standard InChI is InChI=1S/C44H47N7O7/c1-57-37-13-27(32-17-46-40(53)33-18-45-35(16-30(32)33)26-3-4-26)14-38(58-2)34(37)22-49-20-25(21-49)19-48-11-9-44(10-12-48)23-50(24-44)28-5-6-29-31(15-28)43(56)51(42(29)55)36-7-8-39(52)47-41(36)54/h5-6,13-18,25-26,36H,3-4,7-12,19-24H2,1-2H3,(H,46,53)(H,47,52,54). The van der Waals surface area contributed by atoms with Crippen LogP contribution in [0.5, 0.6) is 11.5 Å². The number of piperidine rings is 2. The number of imide groups is 2. The van der Waals surface area contributed by atoms with Crippen LogP contribution in [-0.4, -0.2) is 114 Å². The number of nitrogens with zero attached hydrogens (tertiary/aromatic N) is 5. The molecule has 1 saturated carbocycles. The normalized spacial score (nSPS) is 22.3. The third kappa shape index (κ3) is 6.33. The number of pyridine rings is 2. The lowest BCUT2D eigenvalue weighted by Crippen LogP contribution is -2.61. The van der Waals surface area contributed by atoms with E-state index in [9.17, 15) is 24.0 Å². The van der Waals surface area contributed by atoms with Gasteiger partial charge in [0.1, 0.15) is 17.5 Å². The van der Waals surface area contributed by atoms with Gasteiger partial charge in [0.15, 0.2) is 0 Å². The lowest BCUT2D eigenvalue weighted by Gasteiger charge is -2.55. The second-order valence-electron chi connectivity index (χ2n) is 17.2. The number of nitrogens with one attached hydrogen (secondary N) is 2. The first-order valence-electron chi connectivity index (χ1n) is 20.4. The summed E-state index contributed by atoms with van der Waals surface area (Å²) in [5.41, 5.74) is 5.54. The molecular weight excluding hydrogens is 739 g/mol. The van der Waals surface area contributed by atoms with Gasteiger partial charge >= 0.3 is 0 Å². The summed E-state index contributed by atoms with van der Waals surface area (Å²) in [6.45, 7) is 7.75. The number of hydrogen-bond donors (Lipinski definition) is 2. The Bertz CT molecular complexity index is 2410. The number of ether oxygens (including phenoxy) is 2. The highest BCUT2D eigenvalue weighted by Gasteiger charge is 2.48. The Morgan fingerprint density at radius 1 is 0.828 bits per heavy atom. The van der Waals surface area contributed by atoms with Crippen molar-refractivity contribution < 1.29 is 28.7 Å². The van der Waals surface area contributed by atoms with E-state index in [0.29, 0.717) is 28.3 Å². The van der Waals surface area contributed by atoms with Gasteiger partial charge in [-0.1, -0.05) is 0 Å². The maximum absolute atomic E-state index is 13.4. The van der Waals surface area contributed by atoms with Crippen LogP contribution in [0.4, 0.5) is 5.69 Å². The number of carbonyl (C=O) groups is 4. The molecule has 7 heterocycles. The molecule has 1 atom stereocenters. The van der Waals surface area contributed by atoms with Crippen molar-refractivity contribution in [2.45, 2.75) is 57.0 Å². The Labute approximate surface area is 335 Å². The molecule has 1 spiro atoms. The molecule has 10 rings (SSSR count). The molecule has 2 aromatic heterocycles. The topological polar surface area (TPSA) is 157 Å². The van der Waals surface area contributed by atoms with Gasteiger partial charge in [0.05, 0.1) is 36.3 Å². The van der Waals surface area contributed by atoms with Gasteiger partial charge in [0, 0.05) is 86.4 Å². The number of aromatic nitrogens is 2. The van der Waals surface area contributed by atoms with Crippen molar-refractivity contribution in [1.82, 2.24) is 30.0 Å². The van der Waals surface area contributed by atoms with Crippen LogP contribution in [0.15, 0.2) is 53.6 Å². The van der Waals surface area contributed by atoms with E-state index in [2.05, 4.69) is 36.1 Å². The number of hydrogen-bond acceptors (Lipinski definition) is 11. The molecule has 58 heavy (non-hydrogen) atoms. The van der Waals surface area contributed by atoms with E-state index in [0.717, 1.165) is 128 Å². The minimum absolute atomic E-state index is 0.0991. The minimum Gasteiger partial charge on any atom is -0.496 e. The smallest absolute Gasteiger partial charge is 0.262 e. The lowest BCUT2D eigenvalue weighted by molar-refractivity contribution is -0.136. The molecule has 4 amide bonds. The van der Waals surface area contributed by atoms with Gasteiger partial charge in [-0.25, -0.2) is 0 Å². The van der Waals surface area contributed by atoms with Crippen molar-refractivity contribution in [3.05, 3.63) is 81.5 Å². The quantitative estimate of drug-likeness (QED) is 0.225. The first-order chi connectivity index (χ1) is 28.1. The van der Waals surface area contributed by atoms with E-state index in [1.54, 1.807) is 38.7 Å². The van der Waals surface area contributed by atoms with E-state index in [4.69, 9.17) is 9.47 Å². The van der Waals surface area contributed by atoms with Gasteiger partial charge in [-0.15, -0.1) is 0 Å². The van der Waals surface area contributed by atoms with Crippen molar-refractivity contribution in [2.24, 2.45) is 11.3 Å². The molecule has 5 fully saturated rings. The van der Waals surface area contributed by atoms with E-state index in [-0.39, 0.29) is 29.7 Å². The minimum atomic E-state index is -0.964. The molecule has 2 N–H and O–H groups in total. The molecule has 5 aliphatic heterocycles. The molecule has 300 valence electrons. The number of aromatic amines is 1. The van der Waals surface area contributed by atoms with Crippen molar-refractivity contribution in [1.29, 1.82) is 0 Å². The van der Waals surface area contributed by atoms with E-state index in [1.165, 1.54) is 0 Å². The van der Waals surface area contributed by atoms with Gasteiger partial charge in [-0.3, -0.25) is 44.1 Å². The van der Waals surface area contributed by atoms with E-state index >= 15 is 0 Å². The predicted octanol–water partition coefficient (Wildman–Crippen LogP) is 3.92. The molecule has 0 bridgehead atoms. The predicted molar refractivity (Wildman–Crippen MR) is 215 cm³/mol. The molecule has 1 aliphatic carbocycles. The highest BCUT2D eigenvalue weighted by molar-refractivity contribution is 6.23. The van der Waals surface area contributed by atoms with Crippen LogP contribution in [0.1, 0.15) is 76.4 Å². The summed E-state index contributed by atoms with van der Waals surface area (Å²) in [7, 11) is 3.39. The molecular formula is C44H47N7O7. The van der Waals surface area contributed by atoms with Crippen molar-refractivity contribution in [3.63, 3.8) is 0 Å². The van der Waals surface area contributed by atoms with E-state index in [1.807, 2.05) is 18.2 Å². The monoisotopic (exact) mass is 785 g/mol. The van der Waals surface area contributed by atoms with Crippen LogP contribution in [-0.2, 0) is 16.1 Å². The van der Waals surface area contributed by atoms with Crippen LogP contribution < -0.4 is 25.2 Å². The van der Waals surface area contributed by atoms with Crippen LogP contribution in [0.3, 0.4) is 0 Å². The molecule has 4 aromatic rings. The second-order valence-corrected chi connectivity index (χ2v) is 17.2. The van der Waals surface area contributed by atoms with Gasteiger partial charge < -0.3 is 24.3 Å². The summed E-state index contributed by atoms with van der Waals surface area (Å²) in [6.07, 6.45) is 8.23. The van der Waals surface area contributed by atoms with Crippen LogP contribution in [0, 0.1) is 11.3 Å². The van der Waals surface area contributed by atoms with E-state index < -0.39 is 23.8 Å². The summed E-state index contributed by atoms with van der Waals surface area (Å²) < 4.78 is 11.9. The lowest BCUT2D eigenvalue weighted by atomic mass is 9.71. The maximum atomic E-state index is 13.4. The third-order valence-corrected chi connectivity index (χ3v) is 13.4. The Morgan fingerprint density at radius 2 is 1.55 bits per heavy atom. The summed E-state index contributed by atoms with van der Waals surface area (Å²) in [6, 6.07) is 10.6. The molecule has 14 nitrogen and oxygen atoms in total. The first-order valence-corrected chi connectivity index (χ1v) is 20.4. The van der Waals surface area contributed by atoms with Gasteiger partial charge in [-0.05, 0) is 98.5 Å². The Balaban J connectivity index is 0.731. The fourth-order valence-corrected chi connectivity index (χ4v) is 9.94. The SMILES string of the molecule is COc1cc(-c2c[nH]c(=O)c3cnc(C4CC4)cc23)cc(OC)c1CN1CC(CN2CCC3(CC2)CN(c2ccc4c(c2)C(=O)N(C2CCC(=O)NC2=O)C4=O)C3)C1. The number of benzene rings is 2. The number of amides is 4. The summed E-state index contributed by atoms with van der Waals surface area (Å²) >= 11 is 0. The van der Waals surface area contributed by atoms with Gasteiger partial charge in [-0.2, -0.15) is 0 Å². The van der Waals surface area contributed by atoms with Gasteiger partial charge in [0.2, 0.25) is 11.8 Å². The first kappa shape index (κ1) is 36.7. The number of fused-ring (bicyclic) bond motifs is 2. The van der Waals surface area contributed by atoms with Crippen LogP contribution in [0.25, 0.3) is 21.9 Å². The molecule has 6 aliphatic rings. The molecule has 4 saturated heterocycles. The second kappa shape index (κ2) is 14.0. The van der Waals surface area contributed by atoms with Crippen molar-refractivity contribution in [2.75, 3.05) is 64.9 Å². The largest absolute Gasteiger partial charge is 0.496 e. The molecule has 0 radical (unpaired) electrons. The number of methoxy groups -OCH3 is 2. The Kier molecular flexibility index (Phi) is 8.90. The number of anilines is 1. The summed E-state index contributed by atoms with van der Waals surface area (Å²) in [4.78, 5) is 79.1. The highest BCUT2D eigenvalue weighted by Crippen LogP contribution is 2.45. The molecule has 2 aromatic carbocycles. The maximum Gasteiger partial charge on any atom is 0.262 e. The number of carbonyl (C=O) groups excluding carboxylic acids is 4. The number of rotatable bonds is 10. The third-order valence-electron chi connectivity index (χ3n) is 13.4. The Morgan fingerprint density at radius 3 is 2.24 bits per heavy atom. The van der Waals surface area contributed by atoms with Crippen molar-refractivity contribution >= 4 is 40.1 Å². The van der Waals surface area contributed by atoms with Gasteiger partial charge in [0.25, 0.3) is 17.4 Å². The molecule has 1 unspecified atom stereocenters. The van der Waals surface area contributed by atoms with Crippen LogP contribution >= 0.6 is 0 Å². The average molecular weight is 786 g/mol. The van der Waals surface area contributed by atoms with Crippen molar-refractivity contribution in [3.8, 4) is 22.6 Å². The Hall–Kier alpha value is -5.60. The zero-order chi connectivity index (χ0) is 39.9. The number of H-pyrrole nitrogens is 1. The highest BCUT2D eigenvalue weighted by atomic mass is 16.5. The zero-order valence-corrected chi connectivity index (χ0v) is 32.8. The fraction of sp³-hybridized carbons (Fsp3) is 0.455. The average Bonchev–Trinajstić information content (AvgIpc) is 4.03. The number of likely N-dealkylation sites (tertiary alicyclic amines) is 2. The summed E-state index contributed by atoms with van der Waals surface area (Å²) in [5.74, 6) is 0.661. The fourth-order valence-electron chi connectivity index (χ4n) is 9.94. The van der Waals surface area contributed by atoms with Crippen LogP contribution in [0.2, 0.25) is 0 Å². The zero-order valence-electron chi connectivity index (χ0n) is 32.8. The molecule has 14 heteroatoms. The summed E-state index contributed by atoms with van der Waals surface area (Å²) in [5, 5.41) is 3.72.